The molecule has 16 heavy (non-hydrogen) atoms. The normalized spacial score (nSPS) is 18.9. The molecule has 1 aromatic rings. The molecule has 1 saturated carbocycles. The molecule has 0 aromatic carbocycles. The van der Waals surface area contributed by atoms with E-state index in [0.29, 0.717) is 6.04 Å². The number of aromatic nitrogens is 1. The van der Waals surface area contributed by atoms with Crippen molar-refractivity contribution in [3.8, 4) is 0 Å². The second-order valence-corrected chi connectivity index (χ2v) is 4.98. The first-order valence-corrected chi connectivity index (χ1v) is 6.41. The molecule has 2 heteroatoms. The third-order valence-corrected chi connectivity index (χ3v) is 3.82. The fourth-order valence-corrected chi connectivity index (χ4v) is 2.59. The smallest absolute Gasteiger partial charge is 0.0570 e. The van der Waals surface area contributed by atoms with Gasteiger partial charge in [0, 0.05) is 18.8 Å². The maximum Gasteiger partial charge on any atom is 0.0570 e. The van der Waals surface area contributed by atoms with Crippen molar-refractivity contribution in [1.29, 1.82) is 0 Å². The zero-order valence-corrected chi connectivity index (χ0v) is 10.4. The lowest BCUT2D eigenvalue weighted by atomic mass is 10.00. The van der Waals surface area contributed by atoms with Crippen molar-refractivity contribution in [2.24, 2.45) is 5.92 Å². The fourth-order valence-electron chi connectivity index (χ4n) is 2.59. The Morgan fingerprint density at radius 3 is 2.88 bits per heavy atom. The van der Waals surface area contributed by atoms with E-state index in [-0.39, 0.29) is 0 Å². The Bertz CT molecular complexity index is 329. The zero-order chi connectivity index (χ0) is 11.4. The summed E-state index contributed by atoms with van der Waals surface area (Å²) >= 11 is 0. The van der Waals surface area contributed by atoms with Gasteiger partial charge in [0.2, 0.25) is 0 Å². The molecule has 0 radical (unpaired) electrons. The minimum Gasteiger partial charge on any atom is -0.308 e. The van der Waals surface area contributed by atoms with Gasteiger partial charge < -0.3 is 5.32 Å². The standard InChI is InChI=1S/C14H22N2/c1-11-6-5-9-15-14(11)10-16-12(2)13-7-3-4-8-13/h5-6,9,12-13,16H,3-4,7-8,10H2,1-2H3/t12-/m0/s1. The van der Waals surface area contributed by atoms with Crippen LogP contribution in [0.4, 0.5) is 0 Å². The average Bonchev–Trinajstić information content (AvgIpc) is 2.81. The Balaban J connectivity index is 1.84. The van der Waals surface area contributed by atoms with Crippen LogP contribution < -0.4 is 5.32 Å². The topological polar surface area (TPSA) is 24.9 Å². The first-order valence-electron chi connectivity index (χ1n) is 6.41. The van der Waals surface area contributed by atoms with Gasteiger partial charge in [-0.25, -0.2) is 0 Å². The molecule has 1 aliphatic carbocycles. The summed E-state index contributed by atoms with van der Waals surface area (Å²) in [6, 6.07) is 4.76. The summed E-state index contributed by atoms with van der Waals surface area (Å²) in [4.78, 5) is 4.41. The first kappa shape index (κ1) is 11.6. The van der Waals surface area contributed by atoms with E-state index < -0.39 is 0 Å². The van der Waals surface area contributed by atoms with E-state index in [9.17, 15) is 0 Å². The van der Waals surface area contributed by atoms with Crippen LogP contribution in [-0.2, 0) is 6.54 Å². The predicted octanol–water partition coefficient (Wildman–Crippen LogP) is 3.06. The van der Waals surface area contributed by atoms with Crippen molar-refractivity contribution >= 4 is 0 Å². The largest absolute Gasteiger partial charge is 0.308 e. The molecule has 0 amide bonds. The molecular weight excluding hydrogens is 196 g/mol. The Hall–Kier alpha value is -0.890. The van der Waals surface area contributed by atoms with E-state index in [1.54, 1.807) is 0 Å². The van der Waals surface area contributed by atoms with Gasteiger partial charge in [0.25, 0.3) is 0 Å². The second kappa shape index (κ2) is 5.44. The van der Waals surface area contributed by atoms with Crippen LogP contribution in [0.15, 0.2) is 18.3 Å². The van der Waals surface area contributed by atoms with E-state index in [1.807, 2.05) is 12.3 Å². The van der Waals surface area contributed by atoms with Gasteiger partial charge in [-0.3, -0.25) is 4.98 Å². The van der Waals surface area contributed by atoms with Crippen molar-refractivity contribution < 1.29 is 0 Å². The van der Waals surface area contributed by atoms with Gasteiger partial charge in [-0.1, -0.05) is 18.9 Å². The maximum atomic E-state index is 4.41. The van der Waals surface area contributed by atoms with E-state index in [1.165, 1.54) is 36.9 Å². The molecule has 1 atom stereocenters. The summed E-state index contributed by atoms with van der Waals surface area (Å²) < 4.78 is 0. The Morgan fingerprint density at radius 2 is 2.19 bits per heavy atom. The molecular formula is C14H22N2. The minimum atomic E-state index is 0.629. The van der Waals surface area contributed by atoms with Crippen molar-refractivity contribution in [3.63, 3.8) is 0 Å². The highest BCUT2D eigenvalue weighted by Gasteiger charge is 2.20. The van der Waals surface area contributed by atoms with Crippen LogP contribution in [-0.4, -0.2) is 11.0 Å². The van der Waals surface area contributed by atoms with Crippen molar-refractivity contribution in [2.45, 2.75) is 52.1 Å². The molecule has 1 fully saturated rings. The minimum absolute atomic E-state index is 0.629. The van der Waals surface area contributed by atoms with E-state index >= 15 is 0 Å². The van der Waals surface area contributed by atoms with Gasteiger partial charge in [-0.15, -0.1) is 0 Å². The van der Waals surface area contributed by atoms with Gasteiger partial charge in [0.1, 0.15) is 0 Å². The third-order valence-electron chi connectivity index (χ3n) is 3.82. The fraction of sp³-hybridized carbons (Fsp3) is 0.643. The number of rotatable bonds is 4. The van der Waals surface area contributed by atoms with Gasteiger partial charge in [0.05, 0.1) is 5.69 Å². The first-order chi connectivity index (χ1) is 7.77. The van der Waals surface area contributed by atoms with Crippen LogP contribution in [0.1, 0.15) is 43.9 Å². The Labute approximate surface area is 98.5 Å². The van der Waals surface area contributed by atoms with Crippen LogP contribution in [0.3, 0.4) is 0 Å². The van der Waals surface area contributed by atoms with E-state index in [2.05, 4.69) is 30.2 Å². The Kier molecular flexibility index (Phi) is 3.94. The van der Waals surface area contributed by atoms with Gasteiger partial charge in [0.15, 0.2) is 0 Å². The van der Waals surface area contributed by atoms with Crippen LogP contribution in [0.25, 0.3) is 0 Å². The van der Waals surface area contributed by atoms with E-state index in [4.69, 9.17) is 0 Å². The van der Waals surface area contributed by atoms with Crippen molar-refractivity contribution in [2.75, 3.05) is 0 Å². The average molecular weight is 218 g/mol. The second-order valence-electron chi connectivity index (χ2n) is 4.98. The summed E-state index contributed by atoms with van der Waals surface area (Å²) in [5.41, 5.74) is 2.47. The summed E-state index contributed by atoms with van der Waals surface area (Å²) in [5, 5.41) is 3.62. The molecule has 88 valence electrons. The molecule has 0 spiro atoms. The number of hydrogen-bond acceptors (Lipinski definition) is 2. The van der Waals surface area contributed by atoms with Gasteiger partial charge in [-0.2, -0.15) is 0 Å². The van der Waals surface area contributed by atoms with Crippen molar-refractivity contribution in [3.05, 3.63) is 29.6 Å². The molecule has 1 aromatic heterocycles. The Morgan fingerprint density at radius 1 is 1.44 bits per heavy atom. The summed E-state index contributed by atoms with van der Waals surface area (Å²) in [5.74, 6) is 0.879. The SMILES string of the molecule is Cc1cccnc1CN[C@@H](C)C1CCCC1. The van der Waals surface area contributed by atoms with Crippen LogP contribution >= 0.6 is 0 Å². The predicted molar refractivity (Wildman–Crippen MR) is 67.2 cm³/mol. The van der Waals surface area contributed by atoms with Crippen LogP contribution in [0, 0.1) is 12.8 Å². The molecule has 1 heterocycles. The highest BCUT2D eigenvalue weighted by molar-refractivity contribution is 5.17. The molecule has 0 aliphatic heterocycles. The molecule has 2 nitrogen and oxygen atoms in total. The van der Waals surface area contributed by atoms with Gasteiger partial charge >= 0.3 is 0 Å². The molecule has 0 unspecified atom stereocenters. The molecule has 1 aliphatic rings. The lowest BCUT2D eigenvalue weighted by Gasteiger charge is -2.20. The van der Waals surface area contributed by atoms with E-state index in [0.717, 1.165) is 12.5 Å². The maximum absolute atomic E-state index is 4.41. The lowest BCUT2D eigenvalue weighted by molar-refractivity contribution is 0.378. The summed E-state index contributed by atoms with van der Waals surface area (Å²) in [6.45, 7) is 5.35. The number of nitrogens with zero attached hydrogens (tertiary/aromatic N) is 1. The molecule has 0 bridgehead atoms. The number of nitrogens with one attached hydrogen (secondary N) is 1. The number of pyridine rings is 1. The van der Waals surface area contributed by atoms with Crippen molar-refractivity contribution in [1.82, 2.24) is 10.3 Å². The lowest BCUT2D eigenvalue weighted by Crippen LogP contribution is -2.32. The monoisotopic (exact) mass is 218 g/mol. The van der Waals surface area contributed by atoms with Gasteiger partial charge in [-0.05, 0) is 44.2 Å². The number of aryl methyl sites for hydroxylation is 1. The summed E-state index contributed by atoms with van der Waals surface area (Å²) in [7, 11) is 0. The molecule has 0 saturated heterocycles. The highest BCUT2D eigenvalue weighted by Crippen LogP contribution is 2.27. The highest BCUT2D eigenvalue weighted by atomic mass is 14.9. The molecule has 2 rings (SSSR count). The zero-order valence-electron chi connectivity index (χ0n) is 10.4. The molecule has 1 N–H and O–H groups in total. The van der Waals surface area contributed by atoms with Crippen LogP contribution in [0.2, 0.25) is 0 Å². The summed E-state index contributed by atoms with van der Waals surface area (Å²) in [6.07, 6.45) is 7.51. The van der Waals surface area contributed by atoms with Crippen LogP contribution in [0.5, 0.6) is 0 Å². The quantitative estimate of drug-likeness (QED) is 0.840. The third kappa shape index (κ3) is 2.82. The number of hydrogen-bond donors (Lipinski definition) is 1.